The van der Waals surface area contributed by atoms with Crippen molar-refractivity contribution < 1.29 is 9.53 Å². The number of rotatable bonds is 3. The van der Waals surface area contributed by atoms with Crippen molar-refractivity contribution in [1.29, 1.82) is 0 Å². The summed E-state index contributed by atoms with van der Waals surface area (Å²) in [5.41, 5.74) is 0.756. The highest BCUT2D eigenvalue weighted by Crippen LogP contribution is 2.68. The lowest BCUT2D eigenvalue weighted by molar-refractivity contribution is -0.187. The molecule has 0 amide bonds. The van der Waals surface area contributed by atoms with E-state index in [2.05, 4.69) is 27.4 Å². The molecular weight excluding hydrogens is 320 g/mol. The van der Waals surface area contributed by atoms with E-state index in [1.54, 1.807) is 0 Å². The normalized spacial score (nSPS) is 50.3. The van der Waals surface area contributed by atoms with Crippen LogP contribution in [0.25, 0.3) is 0 Å². The van der Waals surface area contributed by atoms with Crippen molar-refractivity contribution in [3.05, 3.63) is 12.7 Å². The molecule has 0 spiro atoms. The number of carbonyl (C=O) groups is 1. The average Bonchev–Trinajstić information content (AvgIpc) is 2.98. The zero-order valence-electron chi connectivity index (χ0n) is 17.1. The van der Waals surface area contributed by atoms with Gasteiger partial charge in [0.1, 0.15) is 6.10 Å². The van der Waals surface area contributed by atoms with E-state index in [1.807, 2.05) is 0 Å². The third-order valence-corrected chi connectivity index (χ3v) is 9.79. The van der Waals surface area contributed by atoms with Gasteiger partial charge in [0.2, 0.25) is 0 Å². The Kier molecular flexibility index (Phi) is 4.77. The molecule has 2 nitrogen and oxygen atoms in total. The molecule has 0 aliphatic heterocycles. The molecule has 0 aromatic carbocycles. The lowest BCUT2D eigenvalue weighted by Crippen LogP contribution is -2.58. The molecule has 4 aliphatic rings. The van der Waals surface area contributed by atoms with Crippen LogP contribution in [-0.4, -0.2) is 12.1 Å². The van der Waals surface area contributed by atoms with E-state index in [0.29, 0.717) is 5.41 Å². The van der Waals surface area contributed by atoms with Gasteiger partial charge in [0, 0.05) is 11.5 Å². The van der Waals surface area contributed by atoms with Crippen LogP contribution in [0.1, 0.15) is 85.0 Å². The zero-order valence-corrected chi connectivity index (χ0v) is 17.1. The molecule has 0 aromatic rings. The molecule has 8 atom stereocenters. The van der Waals surface area contributed by atoms with E-state index >= 15 is 0 Å². The summed E-state index contributed by atoms with van der Waals surface area (Å²) in [6.07, 6.45) is 14.8. The van der Waals surface area contributed by atoms with Crippen LogP contribution in [0.5, 0.6) is 0 Å². The van der Waals surface area contributed by atoms with Crippen molar-refractivity contribution in [2.24, 2.45) is 40.4 Å². The average molecular weight is 359 g/mol. The van der Waals surface area contributed by atoms with Gasteiger partial charge in [-0.1, -0.05) is 33.8 Å². The third kappa shape index (κ3) is 2.53. The second-order valence-electron chi connectivity index (χ2n) is 10.3. The Morgan fingerprint density at radius 3 is 2.62 bits per heavy atom. The molecule has 4 aliphatic carbocycles. The van der Waals surface area contributed by atoms with Crippen LogP contribution in [0.3, 0.4) is 0 Å². The number of hydrogen-bond donors (Lipinski definition) is 0. The molecule has 0 heterocycles. The van der Waals surface area contributed by atoms with E-state index in [0.717, 1.165) is 36.0 Å². The Bertz CT molecular complexity index is 569. The maximum absolute atomic E-state index is 12.0. The standard InChI is InChI=1S/C24H38O2/c1-5-16-11-13-19-18-12-10-17-8-7-9-21(26-22(25)6-2)24(17,4)20(18)14-15-23(16,19)3/h6,16-21H,2,5,7-15H2,1,3-4H3/t16-,17?,18-,19-,20+,21?,23+,24+/m0/s1. The van der Waals surface area contributed by atoms with Gasteiger partial charge in [-0.3, -0.25) is 0 Å². The number of ether oxygens (including phenoxy) is 1. The van der Waals surface area contributed by atoms with Gasteiger partial charge >= 0.3 is 5.97 Å². The smallest absolute Gasteiger partial charge is 0.330 e. The molecule has 0 aromatic heterocycles. The molecule has 0 N–H and O–H groups in total. The number of carbonyl (C=O) groups excluding carboxylic acids is 1. The summed E-state index contributed by atoms with van der Waals surface area (Å²) < 4.78 is 5.98. The van der Waals surface area contributed by atoms with E-state index in [1.165, 1.54) is 63.9 Å². The fourth-order valence-corrected chi connectivity index (χ4v) is 8.44. The maximum atomic E-state index is 12.0. The first-order valence-electron chi connectivity index (χ1n) is 11.3. The molecule has 4 saturated carbocycles. The SMILES string of the molecule is C=CC(=O)OC1CCCC2CC[C@@H]3[C@@H](CC[C@]4(C)[C@@H](CC)CC[C@@H]34)[C@@]21C. The first-order valence-corrected chi connectivity index (χ1v) is 11.3. The van der Waals surface area contributed by atoms with Crippen molar-refractivity contribution in [2.45, 2.75) is 91.1 Å². The molecule has 26 heavy (non-hydrogen) atoms. The lowest BCUT2D eigenvalue weighted by Gasteiger charge is -2.62. The zero-order chi connectivity index (χ0) is 18.5. The third-order valence-electron chi connectivity index (χ3n) is 9.79. The van der Waals surface area contributed by atoms with Gasteiger partial charge in [-0.25, -0.2) is 4.79 Å². The Balaban J connectivity index is 1.64. The predicted molar refractivity (Wildman–Crippen MR) is 106 cm³/mol. The monoisotopic (exact) mass is 358 g/mol. The van der Waals surface area contributed by atoms with Gasteiger partial charge in [-0.15, -0.1) is 0 Å². The van der Waals surface area contributed by atoms with Gasteiger partial charge < -0.3 is 4.74 Å². The van der Waals surface area contributed by atoms with Crippen molar-refractivity contribution in [2.75, 3.05) is 0 Å². The van der Waals surface area contributed by atoms with Crippen molar-refractivity contribution in [3.63, 3.8) is 0 Å². The fourth-order valence-electron chi connectivity index (χ4n) is 8.44. The summed E-state index contributed by atoms with van der Waals surface area (Å²) in [6, 6.07) is 0. The molecule has 4 fully saturated rings. The van der Waals surface area contributed by atoms with Gasteiger partial charge in [0.25, 0.3) is 0 Å². The van der Waals surface area contributed by atoms with Gasteiger partial charge in [0.05, 0.1) is 0 Å². The Labute approximate surface area is 160 Å². The summed E-state index contributed by atoms with van der Waals surface area (Å²) >= 11 is 0. The van der Waals surface area contributed by atoms with Crippen LogP contribution < -0.4 is 0 Å². The van der Waals surface area contributed by atoms with Gasteiger partial charge in [-0.05, 0) is 92.8 Å². The van der Waals surface area contributed by atoms with E-state index < -0.39 is 0 Å². The van der Waals surface area contributed by atoms with Crippen LogP contribution in [0.4, 0.5) is 0 Å². The molecule has 0 bridgehead atoms. The van der Waals surface area contributed by atoms with Crippen molar-refractivity contribution >= 4 is 5.97 Å². The summed E-state index contributed by atoms with van der Waals surface area (Å²) in [6.45, 7) is 11.1. The molecule has 2 heteroatoms. The molecular formula is C24H38O2. The van der Waals surface area contributed by atoms with Gasteiger partial charge in [0.15, 0.2) is 0 Å². The number of hydrogen-bond acceptors (Lipinski definition) is 2. The molecule has 0 radical (unpaired) electrons. The topological polar surface area (TPSA) is 26.3 Å². The minimum Gasteiger partial charge on any atom is -0.459 e. The molecule has 0 saturated heterocycles. The largest absolute Gasteiger partial charge is 0.459 e. The molecule has 4 rings (SSSR count). The quantitative estimate of drug-likeness (QED) is 0.446. The van der Waals surface area contributed by atoms with Gasteiger partial charge in [-0.2, -0.15) is 0 Å². The summed E-state index contributed by atoms with van der Waals surface area (Å²) in [4.78, 5) is 12.0. The first kappa shape index (κ1) is 18.6. The van der Waals surface area contributed by atoms with Crippen LogP contribution in [0, 0.1) is 40.4 Å². The second-order valence-corrected chi connectivity index (χ2v) is 10.3. The lowest BCUT2D eigenvalue weighted by atomic mass is 9.44. The Hall–Kier alpha value is -0.790. The maximum Gasteiger partial charge on any atom is 0.330 e. The van der Waals surface area contributed by atoms with Crippen LogP contribution >= 0.6 is 0 Å². The first-order chi connectivity index (χ1) is 12.4. The van der Waals surface area contributed by atoms with Crippen LogP contribution in [0.2, 0.25) is 0 Å². The highest BCUT2D eigenvalue weighted by molar-refractivity contribution is 5.81. The van der Waals surface area contributed by atoms with E-state index in [9.17, 15) is 4.79 Å². The highest BCUT2D eigenvalue weighted by Gasteiger charge is 2.62. The van der Waals surface area contributed by atoms with E-state index in [-0.39, 0.29) is 17.5 Å². The minimum absolute atomic E-state index is 0.104. The summed E-state index contributed by atoms with van der Waals surface area (Å²) in [5, 5.41) is 0. The predicted octanol–water partition coefficient (Wildman–Crippen LogP) is 6.15. The summed E-state index contributed by atoms with van der Waals surface area (Å²) in [5.74, 6) is 3.97. The fraction of sp³-hybridized carbons (Fsp3) is 0.875. The van der Waals surface area contributed by atoms with Crippen LogP contribution in [0.15, 0.2) is 12.7 Å². The van der Waals surface area contributed by atoms with E-state index in [4.69, 9.17) is 4.74 Å². The Morgan fingerprint density at radius 2 is 1.88 bits per heavy atom. The molecule has 146 valence electrons. The van der Waals surface area contributed by atoms with Crippen molar-refractivity contribution in [3.8, 4) is 0 Å². The molecule has 2 unspecified atom stereocenters. The number of esters is 1. The van der Waals surface area contributed by atoms with Crippen molar-refractivity contribution in [1.82, 2.24) is 0 Å². The minimum atomic E-state index is -0.216. The summed E-state index contributed by atoms with van der Waals surface area (Å²) in [7, 11) is 0. The highest BCUT2D eigenvalue weighted by atomic mass is 16.5. The number of fused-ring (bicyclic) bond motifs is 5. The Morgan fingerprint density at radius 1 is 1.08 bits per heavy atom. The van der Waals surface area contributed by atoms with Crippen LogP contribution in [-0.2, 0) is 9.53 Å². The second kappa shape index (κ2) is 6.67.